The lowest BCUT2D eigenvalue weighted by atomic mass is 9.71. The van der Waals surface area contributed by atoms with E-state index in [-0.39, 0.29) is 17.3 Å². The molecule has 114 valence electrons. The second-order valence-electron chi connectivity index (χ2n) is 6.28. The molecule has 0 saturated carbocycles. The van der Waals surface area contributed by atoms with Gasteiger partial charge in [0.15, 0.2) is 0 Å². The molecule has 2 aliphatic rings. The number of halogens is 1. The first-order valence-electron chi connectivity index (χ1n) is 7.63. The third-order valence-corrected chi connectivity index (χ3v) is 5.55. The molecule has 3 rings (SSSR count). The van der Waals surface area contributed by atoms with Crippen LogP contribution < -0.4 is 0 Å². The molecule has 1 aromatic rings. The monoisotopic (exact) mass is 307 g/mol. The first-order chi connectivity index (χ1) is 10.1. The maximum atomic E-state index is 11.1. The molecule has 1 saturated heterocycles. The summed E-state index contributed by atoms with van der Waals surface area (Å²) in [5.74, 6) is 0.289. The van der Waals surface area contributed by atoms with Crippen molar-refractivity contribution < 1.29 is 9.53 Å². The third-order valence-electron chi connectivity index (χ3n) is 4.92. The molecule has 0 radical (unpaired) electrons. The lowest BCUT2D eigenvalue weighted by Crippen LogP contribution is -2.54. The van der Waals surface area contributed by atoms with Gasteiger partial charge in [0.2, 0.25) is 0 Å². The predicted molar refractivity (Wildman–Crippen MR) is 83.7 cm³/mol. The molecule has 21 heavy (non-hydrogen) atoms. The zero-order valence-corrected chi connectivity index (χ0v) is 13.3. The largest absolute Gasteiger partial charge is 0.465 e. The quantitative estimate of drug-likeness (QED) is 0.621. The highest BCUT2D eigenvalue weighted by atomic mass is 35.5. The summed E-state index contributed by atoms with van der Waals surface area (Å²) in [5, 5.41) is 0.0204. The van der Waals surface area contributed by atoms with Crippen molar-refractivity contribution >= 4 is 17.6 Å². The Bertz CT molecular complexity index is 533. The smallest absolute Gasteiger partial charge is 0.302 e. The van der Waals surface area contributed by atoms with Crippen LogP contribution in [0.3, 0.4) is 0 Å². The van der Waals surface area contributed by atoms with Gasteiger partial charge in [0.1, 0.15) is 0 Å². The minimum absolute atomic E-state index is 0.0204. The van der Waals surface area contributed by atoms with Gasteiger partial charge in [0, 0.05) is 36.7 Å². The van der Waals surface area contributed by atoms with E-state index in [0.717, 1.165) is 19.4 Å². The number of carbonyl (C=O) groups is 1. The summed E-state index contributed by atoms with van der Waals surface area (Å²) >= 11 is 6.81. The minimum atomic E-state index is -0.229. The van der Waals surface area contributed by atoms with E-state index in [1.807, 2.05) is 0 Å². The summed E-state index contributed by atoms with van der Waals surface area (Å²) in [6.07, 6.45) is 2.28. The van der Waals surface area contributed by atoms with Crippen molar-refractivity contribution in [3.05, 3.63) is 35.4 Å². The highest BCUT2D eigenvalue weighted by Crippen LogP contribution is 2.44. The highest BCUT2D eigenvalue weighted by molar-refractivity contribution is 6.21. The Hall–Kier alpha value is -1.06. The van der Waals surface area contributed by atoms with E-state index in [0.29, 0.717) is 18.6 Å². The Balaban J connectivity index is 1.86. The number of hydrogen-bond donors (Lipinski definition) is 0. The second kappa shape index (κ2) is 5.98. The maximum Gasteiger partial charge on any atom is 0.302 e. The standard InChI is InChI=1S/C17H22ClNO2/c1-11(20)21-10-13-9-19(2)15-8-7-12-5-3-4-6-14(12)16(15)17(13)18/h3-6,13,15-17H,7-10H2,1-2H3/t13-,15-,16-,17+/m1/s1. The number of ether oxygens (including phenoxy) is 1. The summed E-state index contributed by atoms with van der Waals surface area (Å²) in [7, 11) is 2.16. The third kappa shape index (κ3) is 2.82. The van der Waals surface area contributed by atoms with Crippen molar-refractivity contribution in [2.24, 2.45) is 5.92 Å². The summed E-state index contributed by atoms with van der Waals surface area (Å²) in [4.78, 5) is 13.5. The Morgan fingerprint density at radius 2 is 2.19 bits per heavy atom. The van der Waals surface area contributed by atoms with E-state index in [9.17, 15) is 4.79 Å². The van der Waals surface area contributed by atoms with Crippen LogP contribution in [-0.2, 0) is 16.0 Å². The van der Waals surface area contributed by atoms with Gasteiger partial charge >= 0.3 is 5.97 Å². The van der Waals surface area contributed by atoms with E-state index < -0.39 is 0 Å². The van der Waals surface area contributed by atoms with Crippen LogP contribution in [-0.4, -0.2) is 42.5 Å². The number of piperidine rings is 1. The van der Waals surface area contributed by atoms with Gasteiger partial charge in [-0.1, -0.05) is 24.3 Å². The molecule has 4 atom stereocenters. The molecule has 4 heteroatoms. The first-order valence-corrected chi connectivity index (χ1v) is 8.07. The number of nitrogens with zero attached hydrogens (tertiary/aromatic N) is 1. The zero-order valence-electron chi connectivity index (χ0n) is 12.6. The molecule has 1 fully saturated rings. The predicted octanol–water partition coefficient (Wildman–Crippen LogP) is 2.82. The Kier molecular flexibility index (Phi) is 4.23. The van der Waals surface area contributed by atoms with Gasteiger partial charge in [-0.05, 0) is 31.0 Å². The van der Waals surface area contributed by atoms with Crippen LogP contribution >= 0.6 is 11.6 Å². The lowest BCUT2D eigenvalue weighted by molar-refractivity contribution is -0.143. The van der Waals surface area contributed by atoms with Crippen LogP contribution in [0.15, 0.2) is 24.3 Å². The van der Waals surface area contributed by atoms with E-state index in [1.165, 1.54) is 18.1 Å². The molecule has 1 aliphatic carbocycles. The molecule has 0 amide bonds. The number of hydrogen-bond acceptors (Lipinski definition) is 3. The molecule has 0 spiro atoms. The maximum absolute atomic E-state index is 11.1. The van der Waals surface area contributed by atoms with E-state index in [4.69, 9.17) is 16.3 Å². The fraction of sp³-hybridized carbons (Fsp3) is 0.588. The van der Waals surface area contributed by atoms with Gasteiger partial charge < -0.3 is 9.64 Å². The molecule has 1 heterocycles. The number of alkyl halides is 1. The van der Waals surface area contributed by atoms with Crippen LogP contribution in [0, 0.1) is 5.92 Å². The highest BCUT2D eigenvalue weighted by Gasteiger charge is 2.44. The van der Waals surface area contributed by atoms with Crippen molar-refractivity contribution in [2.45, 2.75) is 37.1 Å². The van der Waals surface area contributed by atoms with Crippen molar-refractivity contribution in [1.82, 2.24) is 4.90 Å². The molecular weight excluding hydrogens is 286 g/mol. The van der Waals surface area contributed by atoms with Gasteiger partial charge in [-0.2, -0.15) is 0 Å². The van der Waals surface area contributed by atoms with E-state index in [1.54, 1.807) is 0 Å². The van der Waals surface area contributed by atoms with Crippen molar-refractivity contribution in [3.63, 3.8) is 0 Å². The topological polar surface area (TPSA) is 29.5 Å². The molecule has 0 aromatic heterocycles. The lowest BCUT2D eigenvalue weighted by Gasteiger charge is -2.48. The second-order valence-corrected chi connectivity index (χ2v) is 6.78. The van der Waals surface area contributed by atoms with Crippen LogP contribution in [0.2, 0.25) is 0 Å². The molecule has 0 unspecified atom stereocenters. The van der Waals surface area contributed by atoms with Crippen molar-refractivity contribution in [3.8, 4) is 0 Å². The number of likely N-dealkylation sites (tertiary alicyclic amines) is 1. The van der Waals surface area contributed by atoms with Crippen molar-refractivity contribution in [2.75, 3.05) is 20.2 Å². The van der Waals surface area contributed by atoms with Gasteiger partial charge in [-0.3, -0.25) is 4.79 Å². The van der Waals surface area contributed by atoms with Gasteiger partial charge in [0.25, 0.3) is 0 Å². The summed E-state index contributed by atoms with van der Waals surface area (Å²) in [6, 6.07) is 9.12. The van der Waals surface area contributed by atoms with Gasteiger partial charge in [-0.25, -0.2) is 0 Å². The number of rotatable bonds is 2. The SMILES string of the molecule is CC(=O)OC[C@H]1CN(C)[C@@H]2CCc3ccccc3[C@H]2[C@H]1Cl. The fourth-order valence-electron chi connectivity index (χ4n) is 3.92. The number of carbonyl (C=O) groups excluding carboxylic acids is 1. The van der Waals surface area contributed by atoms with Crippen LogP contribution in [0.4, 0.5) is 0 Å². The first kappa shape index (κ1) is 14.9. The van der Waals surface area contributed by atoms with Crippen LogP contribution in [0.25, 0.3) is 0 Å². The molecule has 0 N–H and O–H groups in total. The number of aryl methyl sites for hydroxylation is 1. The average molecular weight is 308 g/mol. The van der Waals surface area contributed by atoms with E-state index >= 15 is 0 Å². The number of esters is 1. The average Bonchev–Trinajstić information content (AvgIpc) is 2.48. The number of likely N-dealkylation sites (N-methyl/N-ethyl adjacent to an activating group) is 1. The fourth-order valence-corrected chi connectivity index (χ4v) is 4.38. The molecule has 1 aromatic carbocycles. The van der Waals surface area contributed by atoms with Gasteiger partial charge in [0.05, 0.1) is 6.61 Å². The Morgan fingerprint density at radius 1 is 1.43 bits per heavy atom. The molecule has 0 bridgehead atoms. The number of benzene rings is 1. The van der Waals surface area contributed by atoms with Gasteiger partial charge in [-0.15, -0.1) is 11.6 Å². The minimum Gasteiger partial charge on any atom is -0.465 e. The summed E-state index contributed by atoms with van der Waals surface area (Å²) in [5.41, 5.74) is 2.80. The summed E-state index contributed by atoms with van der Waals surface area (Å²) < 4.78 is 5.22. The zero-order chi connectivity index (χ0) is 15.0. The molecule has 3 nitrogen and oxygen atoms in total. The summed E-state index contributed by atoms with van der Waals surface area (Å²) in [6.45, 7) is 2.76. The van der Waals surface area contributed by atoms with Crippen molar-refractivity contribution in [1.29, 1.82) is 0 Å². The van der Waals surface area contributed by atoms with E-state index in [2.05, 4.69) is 36.2 Å². The Labute approximate surface area is 131 Å². The molecular formula is C17H22ClNO2. The molecule has 1 aliphatic heterocycles. The normalized spacial score (nSPS) is 32.1. The van der Waals surface area contributed by atoms with Crippen LogP contribution in [0.5, 0.6) is 0 Å². The van der Waals surface area contributed by atoms with Crippen LogP contribution in [0.1, 0.15) is 30.4 Å². The Morgan fingerprint density at radius 3 is 2.95 bits per heavy atom. The number of fused-ring (bicyclic) bond motifs is 3.